The lowest BCUT2D eigenvalue weighted by Crippen LogP contribution is -2.12. The largest absolute Gasteiger partial charge is 0.359 e. The molecular formula is C12H16N4S. The molecule has 0 bridgehead atoms. The van der Waals surface area contributed by atoms with Gasteiger partial charge in [0.2, 0.25) is 5.13 Å². The Bertz CT molecular complexity index is 464. The van der Waals surface area contributed by atoms with Crippen molar-refractivity contribution in [3.8, 4) is 0 Å². The summed E-state index contributed by atoms with van der Waals surface area (Å²) in [6.45, 7) is 3.42. The van der Waals surface area contributed by atoms with E-state index in [1.807, 2.05) is 0 Å². The van der Waals surface area contributed by atoms with E-state index in [0.717, 1.165) is 23.9 Å². The van der Waals surface area contributed by atoms with Crippen molar-refractivity contribution in [3.05, 3.63) is 41.2 Å². The maximum atomic E-state index is 5.41. The van der Waals surface area contributed by atoms with Gasteiger partial charge >= 0.3 is 0 Å². The van der Waals surface area contributed by atoms with Gasteiger partial charge in [0, 0.05) is 31.0 Å². The van der Waals surface area contributed by atoms with Crippen molar-refractivity contribution < 1.29 is 0 Å². The molecular weight excluding hydrogens is 232 g/mol. The van der Waals surface area contributed by atoms with Crippen LogP contribution in [-0.2, 0) is 6.42 Å². The number of rotatable bonds is 5. The Kier molecular flexibility index (Phi) is 4.06. The molecule has 1 aromatic heterocycles. The van der Waals surface area contributed by atoms with Gasteiger partial charge in [-0.05, 0) is 12.5 Å². The predicted octanol–water partition coefficient (Wildman–Crippen LogP) is 1.81. The standard InChI is InChI=1S/C12H16N4S/c1-9-2-4-10(5-3-9)8-11-15-12(17-16-11)14-7-6-13/h2-5H,6-8,13H2,1H3,(H,14,15,16). The average molecular weight is 248 g/mol. The molecule has 2 aromatic rings. The van der Waals surface area contributed by atoms with E-state index in [1.165, 1.54) is 22.7 Å². The van der Waals surface area contributed by atoms with E-state index in [9.17, 15) is 0 Å². The van der Waals surface area contributed by atoms with E-state index in [4.69, 9.17) is 5.73 Å². The molecule has 0 aliphatic heterocycles. The monoisotopic (exact) mass is 248 g/mol. The van der Waals surface area contributed by atoms with Crippen LogP contribution in [0.25, 0.3) is 0 Å². The molecule has 0 fully saturated rings. The second-order valence-corrected chi connectivity index (χ2v) is 4.65. The number of nitrogens with zero attached hydrogens (tertiary/aromatic N) is 2. The molecule has 0 saturated carbocycles. The second-order valence-electron chi connectivity index (χ2n) is 3.89. The third-order valence-corrected chi connectivity index (χ3v) is 3.08. The van der Waals surface area contributed by atoms with Crippen LogP contribution in [0.2, 0.25) is 0 Å². The first-order valence-corrected chi connectivity index (χ1v) is 6.37. The molecule has 0 radical (unpaired) electrons. The maximum absolute atomic E-state index is 5.41. The predicted molar refractivity (Wildman–Crippen MR) is 71.4 cm³/mol. The molecule has 0 unspecified atom stereocenters. The first-order chi connectivity index (χ1) is 8.28. The molecule has 0 saturated heterocycles. The quantitative estimate of drug-likeness (QED) is 0.847. The highest BCUT2D eigenvalue weighted by Gasteiger charge is 2.04. The number of hydrogen-bond acceptors (Lipinski definition) is 5. The minimum absolute atomic E-state index is 0.604. The normalized spacial score (nSPS) is 10.5. The van der Waals surface area contributed by atoms with Gasteiger partial charge in [0.15, 0.2) is 0 Å². The molecule has 0 aliphatic rings. The number of aromatic nitrogens is 2. The van der Waals surface area contributed by atoms with Gasteiger partial charge in [-0.3, -0.25) is 0 Å². The topological polar surface area (TPSA) is 63.8 Å². The van der Waals surface area contributed by atoms with Crippen molar-refractivity contribution >= 4 is 16.7 Å². The molecule has 1 aromatic carbocycles. The van der Waals surface area contributed by atoms with Gasteiger partial charge in [-0.15, -0.1) is 0 Å². The van der Waals surface area contributed by atoms with E-state index in [-0.39, 0.29) is 0 Å². The average Bonchev–Trinajstić information content (AvgIpc) is 2.77. The molecule has 2 rings (SSSR count). The molecule has 0 amide bonds. The highest BCUT2D eigenvalue weighted by Crippen LogP contribution is 2.14. The van der Waals surface area contributed by atoms with Crippen LogP contribution in [0, 0.1) is 6.92 Å². The summed E-state index contributed by atoms with van der Waals surface area (Å²) < 4.78 is 4.31. The van der Waals surface area contributed by atoms with E-state index < -0.39 is 0 Å². The molecule has 90 valence electrons. The Morgan fingerprint density at radius 2 is 2.06 bits per heavy atom. The summed E-state index contributed by atoms with van der Waals surface area (Å²) in [5.74, 6) is 0.860. The number of nitrogens with two attached hydrogens (primary N) is 1. The lowest BCUT2D eigenvalue weighted by molar-refractivity contribution is 0.998. The van der Waals surface area contributed by atoms with Crippen LogP contribution in [0.15, 0.2) is 24.3 Å². The molecule has 3 N–H and O–H groups in total. The maximum Gasteiger partial charge on any atom is 0.202 e. The summed E-state index contributed by atoms with van der Waals surface area (Å²) in [5, 5.41) is 3.97. The van der Waals surface area contributed by atoms with Crippen molar-refractivity contribution in [2.24, 2.45) is 5.73 Å². The van der Waals surface area contributed by atoms with E-state index >= 15 is 0 Å². The van der Waals surface area contributed by atoms with Crippen molar-refractivity contribution in [3.63, 3.8) is 0 Å². The van der Waals surface area contributed by atoms with E-state index in [0.29, 0.717) is 6.54 Å². The van der Waals surface area contributed by atoms with Crippen molar-refractivity contribution in [1.29, 1.82) is 0 Å². The van der Waals surface area contributed by atoms with Gasteiger partial charge in [0.1, 0.15) is 5.82 Å². The fraction of sp³-hybridized carbons (Fsp3) is 0.333. The lowest BCUT2D eigenvalue weighted by atomic mass is 10.1. The smallest absolute Gasteiger partial charge is 0.202 e. The lowest BCUT2D eigenvalue weighted by Gasteiger charge is -1.98. The number of anilines is 1. The molecule has 4 nitrogen and oxygen atoms in total. The number of aryl methyl sites for hydroxylation is 1. The zero-order valence-electron chi connectivity index (χ0n) is 9.81. The molecule has 17 heavy (non-hydrogen) atoms. The van der Waals surface area contributed by atoms with Crippen LogP contribution in [-0.4, -0.2) is 22.4 Å². The van der Waals surface area contributed by atoms with Crippen LogP contribution < -0.4 is 11.1 Å². The highest BCUT2D eigenvalue weighted by atomic mass is 32.1. The van der Waals surface area contributed by atoms with Gasteiger partial charge in [-0.25, -0.2) is 4.98 Å². The minimum atomic E-state index is 0.604. The Morgan fingerprint density at radius 1 is 1.29 bits per heavy atom. The van der Waals surface area contributed by atoms with Gasteiger partial charge in [-0.1, -0.05) is 29.8 Å². The Morgan fingerprint density at radius 3 is 2.76 bits per heavy atom. The number of benzene rings is 1. The number of nitrogens with one attached hydrogen (secondary N) is 1. The summed E-state index contributed by atoms with van der Waals surface area (Å²) in [7, 11) is 0. The first kappa shape index (κ1) is 12.0. The summed E-state index contributed by atoms with van der Waals surface area (Å²) in [6.07, 6.45) is 0.779. The summed E-state index contributed by atoms with van der Waals surface area (Å²) in [4.78, 5) is 4.41. The van der Waals surface area contributed by atoms with Gasteiger partial charge < -0.3 is 11.1 Å². The fourth-order valence-electron chi connectivity index (χ4n) is 1.47. The first-order valence-electron chi connectivity index (χ1n) is 5.60. The molecule has 1 heterocycles. The third-order valence-electron chi connectivity index (χ3n) is 2.37. The Labute approximate surface area is 105 Å². The van der Waals surface area contributed by atoms with Gasteiger partial charge in [-0.2, -0.15) is 4.37 Å². The minimum Gasteiger partial charge on any atom is -0.359 e. The number of hydrogen-bond donors (Lipinski definition) is 2. The van der Waals surface area contributed by atoms with Gasteiger partial charge in [0.05, 0.1) is 0 Å². The third kappa shape index (κ3) is 3.51. The SMILES string of the molecule is Cc1ccc(Cc2nsc(NCCN)n2)cc1. The van der Waals surface area contributed by atoms with E-state index in [2.05, 4.69) is 45.9 Å². The molecule has 0 aliphatic carbocycles. The Balaban J connectivity index is 1.98. The zero-order chi connectivity index (χ0) is 12.1. The van der Waals surface area contributed by atoms with E-state index in [1.54, 1.807) is 0 Å². The summed E-state index contributed by atoms with van der Waals surface area (Å²) in [6, 6.07) is 8.44. The van der Waals surface area contributed by atoms with Crippen molar-refractivity contribution in [1.82, 2.24) is 9.36 Å². The van der Waals surface area contributed by atoms with Crippen LogP contribution >= 0.6 is 11.5 Å². The second kappa shape index (κ2) is 5.75. The highest BCUT2D eigenvalue weighted by molar-refractivity contribution is 7.09. The molecule has 0 spiro atoms. The fourth-order valence-corrected chi connectivity index (χ4v) is 2.08. The Hall–Kier alpha value is -1.46. The van der Waals surface area contributed by atoms with Crippen LogP contribution in [0.1, 0.15) is 17.0 Å². The zero-order valence-corrected chi connectivity index (χ0v) is 10.6. The molecule has 5 heteroatoms. The van der Waals surface area contributed by atoms with Crippen LogP contribution in [0.5, 0.6) is 0 Å². The van der Waals surface area contributed by atoms with Gasteiger partial charge in [0.25, 0.3) is 0 Å². The van der Waals surface area contributed by atoms with Crippen molar-refractivity contribution in [2.45, 2.75) is 13.3 Å². The van der Waals surface area contributed by atoms with Crippen LogP contribution in [0.3, 0.4) is 0 Å². The summed E-state index contributed by atoms with van der Waals surface area (Å²) >= 11 is 1.38. The van der Waals surface area contributed by atoms with Crippen LogP contribution in [0.4, 0.5) is 5.13 Å². The summed E-state index contributed by atoms with van der Waals surface area (Å²) in [5.41, 5.74) is 7.92. The molecule has 0 atom stereocenters. The van der Waals surface area contributed by atoms with Crippen molar-refractivity contribution in [2.75, 3.05) is 18.4 Å².